The normalized spacial score (nSPS) is 23.6. The van der Waals surface area contributed by atoms with E-state index in [4.69, 9.17) is 4.74 Å². The molecule has 0 radical (unpaired) electrons. The van der Waals surface area contributed by atoms with Gasteiger partial charge < -0.3 is 15.0 Å². The Labute approximate surface area is 224 Å². The lowest BCUT2D eigenvalue weighted by atomic mass is 9.92. The summed E-state index contributed by atoms with van der Waals surface area (Å²) in [4.78, 5) is 31.5. The predicted molar refractivity (Wildman–Crippen MR) is 149 cm³/mol. The second-order valence-corrected chi connectivity index (χ2v) is 11.5. The number of amides is 2. The number of thioether (sulfide) groups is 1. The number of carbonyl (C=O) groups is 2. The maximum absolute atomic E-state index is 13.7. The fraction of sp³-hybridized carbons (Fsp3) is 0.467. The summed E-state index contributed by atoms with van der Waals surface area (Å²) in [5, 5.41) is 3.46. The summed E-state index contributed by atoms with van der Waals surface area (Å²) >= 11 is 1.75. The number of rotatable bonds is 7. The Morgan fingerprint density at radius 3 is 2.62 bits per heavy atom. The van der Waals surface area contributed by atoms with Gasteiger partial charge in [-0.1, -0.05) is 49.2 Å². The van der Waals surface area contributed by atoms with Gasteiger partial charge >= 0.3 is 0 Å². The summed E-state index contributed by atoms with van der Waals surface area (Å²) in [5.41, 5.74) is 4.03. The van der Waals surface area contributed by atoms with Crippen LogP contribution in [0.15, 0.2) is 53.4 Å². The zero-order valence-corrected chi connectivity index (χ0v) is 22.5. The van der Waals surface area contributed by atoms with Crippen LogP contribution in [0.4, 0.5) is 0 Å². The average molecular weight is 520 g/mol. The molecule has 2 aromatic carbocycles. The van der Waals surface area contributed by atoms with Gasteiger partial charge in [0.2, 0.25) is 0 Å². The van der Waals surface area contributed by atoms with E-state index in [2.05, 4.69) is 46.3 Å². The van der Waals surface area contributed by atoms with Crippen LogP contribution in [0, 0.1) is 6.92 Å². The zero-order chi connectivity index (χ0) is 25.6. The van der Waals surface area contributed by atoms with Crippen molar-refractivity contribution in [3.8, 4) is 0 Å². The van der Waals surface area contributed by atoms with E-state index in [0.717, 1.165) is 56.2 Å². The molecule has 2 saturated heterocycles. The Morgan fingerprint density at radius 1 is 1.08 bits per heavy atom. The van der Waals surface area contributed by atoms with E-state index in [1.807, 2.05) is 30.3 Å². The summed E-state index contributed by atoms with van der Waals surface area (Å²) in [6.45, 7) is 7.59. The van der Waals surface area contributed by atoms with Gasteiger partial charge in [0.25, 0.3) is 11.8 Å². The number of fused-ring (bicyclic) bond motifs is 1. The van der Waals surface area contributed by atoms with Crippen molar-refractivity contribution in [3.05, 3.63) is 75.7 Å². The van der Waals surface area contributed by atoms with Crippen LogP contribution in [0.5, 0.6) is 0 Å². The van der Waals surface area contributed by atoms with Gasteiger partial charge in [-0.15, -0.1) is 11.8 Å². The summed E-state index contributed by atoms with van der Waals surface area (Å²) < 4.78 is 5.37. The molecule has 0 spiro atoms. The fourth-order valence-corrected chi connectivity index (χ4v) is 6.94. The highest BCUT2D eigenvalue weighted by molar-refractivity contribution is 8.04. The monoisotopic (exact) mass is 519 g/mol. The maximum Gasteiger partial charge on any atom is 0.260 e. The van der Waals surface area contributed by atoms with Crippen molar-refractivity contribution in [2.24, 2.45) is 0 Å². The average Bonchev–Trinajstić information content (AvgIpc) is 2.93. The minimum atomic E-state index is -0.0648. The highest BCUT2D eigenvalue weighted by atomic mass is 32.2. The summed E-state index contributed by atoms with van der Waals surface area (Å²) in [5.74, 6) is 0.0615. The number of carbonyl (C=O) groups excluding carboxylic acids is 2. The first-order chi connectivity index (χ1) is 18.1. The molecule has 7 heteroatoms. The topological polar surface area (TPSA) is 61.9 Å². The molecule has 1 aliphatic carbocycles. The number of nitrogens with zero attached hydrogens (tertiary/aromatic N) is 2. The molecule has 2 aliphatic heterocycles. The molecule has 37 heavy (non-hydrogen) atoms. The standard InChI is InChI=1S/C30H37N3O3S/c1-22-6-2-3-7-25(22)21-33-26-8-4-5-9-27(26)37-28(30(33)35)20-23-10-12-24(13-11-23)29(34)31-14-15-32-16-18-36-19-17-32/h2-3,6-7,10-13,20,26-27H,4-5,8-9,14-19,21H2,1H3,(H,31,34)/b28-20+. The first kappa shape index (κ1) is 26.0. The molecule has 5 rings (SSSR count). The Kier molecular flexibility index (Phi) is 8.64. The van der Waals surface area contributed by atoms with Crippen LogP contribution in [0.1, 0.15) is 52.7 Å². The lowest BCUT2D eigenvalue weighted by molar-refractivity contribution is -0.130. The largest absolute Gasteiger partial charge is 0.379 e. The second-order valence-electron chi connectivity index (χ2n) is 10.2. The van der Waals surface area contributed by atoms with E-state index >= 15 is 0 Å². The van der Waals surface area contributed by atoms with E-state index in [1.165, 1.54) is 24.0 Å². The number of benzene rings is 2. The van der Waals surface area contributed by atoms with Gasteiger partial charge in [-0.3, -0.25) is 14.5 Å². The molecule has 6 nitrogen and oxygen atoms in total. The number of hydrogen-bond acceptors (Lipinski definition) is 5. The van der Waals surface area contributed by atoms with Crippen LogP contribution in [-0.4, -0.2) is 72.3 Å². The number of aryl methyl sites for hydroxylation is 1. The molecule has 2 heterocycles. The van der Waals surface area contributed by atoms with Gasteiger partial charge in [-0.25, -0.2) is 0 Å². The van der Waals surface area contributed by atoms with Gasteiger partial charge in [0.15, 0.2) is 0 Å². The Balaban J connectivity index is 1.25. The van der Waals surface area contributed by atoms with Crippen LogP contribution >= 0.6 is 11.8 Å². The molecule has 196 valence electrons. The van der Waals surface area contributed by atoms with Crippen LogP contribution in [0.3, 0.4) is 0 Å². The third-order valence-corrected chi connectivity index (χ3v) is 9.11. The molecule has 2 amide bonds. The third kappa shape index (κ3) is 6.46. The predicted octanol–water partition coefficient (Wildman–Crippen LogP) is 4.48. The molecule has 3 fully saturated rings. The summed E-state index contributed by atoms with van der Waals surface area (Å²) in [6.07, 6.45) is 6.64. The fourth-order valence-electron chi connectivity index (χ4n) is 5.47. The minimum absolute atomic E-state index is 0.0648. The van der Waals surface area contributed by atoms with Gasteiger partial charge in [-0.05, 0) is 54.7 Å². The first-order valence-corrected chi connectivity index (χ1v) is 14.4. The third-order valence-electron chi connectivity index (χ3n) is 7.71. The zero-order valence-electron chi connectivity index (χ0n) is 21.7. The lowest BCUT2D eigenvalue weighted by Gasteiger charge is -2.44. The molecule has 2 unspecified atom stereocenters. The molecular weight excluding hydrogens is 482 g/mol. The Bertz CT molecular complexity index is 1130. The second kappa shape index (κ2) is 12.3. The first-order valence-electron chi connectivity index (χ1n) is 13.5. The molecule has 2 atom stereocenters. The SMILES string of the molecule is Cc1ccccc1CN1C(=O)/C(=C\c2ccc(C(=O)NCCN3CCOCC3)cc2)SC2CCCCC21. The van der Waals surface area contributed by atoms with Crippen molar-refractivity contribution in [2.45, 2.75) is 50.4 Å². The van der Waals surface area contributed by atoms with Gasteiger partial charge in [0.1, 0.15) is 0 Å². The van der Waals surface area contributed by atoms with Crippen LogP contribution < -0.4 is 5.32 Å². The Hall–Kier alpha value is -2.61. The molecule has 1 N–H and O–H groups in total. The molecular formula is C30H37N3O3S. The van der Waals surface area contributed by atoms with Gasteiger partial charge in [-0.2, -0.15) is 0 Å². The quantitative estimate of drug-likeness (QED) is 0.547. The van der Waals surface area contributed by atoms with Crippen molar-refractivity contribution in [1.29, 1.82) is 0 Å². The number of hydrogen-bond donors (Lipinski definition) is 1. The van der Waals surface area contributed by atoms with Crippen molar-refractivity contribution >= 4 is 29.7 Å². The van der Waals surface area contributed by atoms with Gasteiger partial charge in [0.05, 0.1) is 18.1 Å². The van der Waals surface area contributed by atoms with E-state index in [9.17, 15) is 9.59 Å². The van der Waals surface area contributed by atoms with Crippen molar-refractivity contribution in [3.63, 3.8) is 0 Å². The number of ether oxygens (including phenoxy) is 1. The molecule has 0 aromatic heterocycles. The van der Waals surface area contributed by atoms with Crippen molar-refractivity contribution < 1.29 is 14.3 Å². The van der Waals surface area contributed by atoms with E-state index in [-0.39, 0.29) is 11.8 Å². The highest BCUT2D eigenvalue weighted by Gasteiger charge is 2.40. The van der Waals surface area contributed by atoms with Crippen LogP contribution in [0.25, 0.3) is 6.08 Å². The molecule has 2 aromatic rings. The van der Waals surface area contributed by atoms with E-state index in [0.29, 0.717) is 29.9 Å². The lowest BCUT2D eigenvalue weighted by Crippen LogP contribution is -2.50. The molecule has 0 bridgehead atoms. The van der Waals surface area contributed by atoms with Crippen molar-refractivity contribution in [1.82, 2.24) is 15.1 Å². The molecule has 3 aliphatic rings. The van der Waals surface area contributed by atoms with E-state index in [1.54, 1.807) is 11.8 Å². The Morgan fingerprint density at radius 2 is 1.84 bits per heavy atom. The number of nitrogens with one attached hydrogen (secondary N) is 1. The maximum atomic E-state index is 13.7. The van der Waals surface area contributed by atoms with Crippen LogP contribution in [-0.2, 0) is 16.1 Å². The van der Waals surface area contributed by atoms with Crippen LogP contribution in [0.2, 0.25) is 0 Å². The highest BCUT2D eigenvalue weighted by Crippen LogP contribution is 2.42. The van der Waals surface area contributed by atoms with E-state index < -0.39 is 0 Å². The van der Waals surface area contributed by atoms with Gasteiger partial charge in [0, 0.05) is 49.6 Å². The van der Waals surface area contributed by atoms with Crippen molar-refractivity contribution in [2.75, 3.05) is 39.4 Å². The number of morpholine rings is 1. The minimum Gasteiger partial charge on any atom is -0.379 e. The summed E-state index contributed by atoms with van der Waals surface area (Å²) in [6, 6.07) is 16.2. The smallest absolute Gasteiger partial charge is 0.260 e. The summed E-state index contributed by atoms with van der Waals surface area (Å²) in [7, 11) is 0. The molecule has 1 saturated carbocycles.